The zero-order valence-electron chi connectivity index (χ0n) is 19.9. The smallest absolute Gasteiger partial charge is 0.490 e. The van der Waals surface area contributed by atoms with Crippen molar-refractivity contribution in [1.29, 1.82) is 0 Å². The number of rotatable bonds is 6. The van der Waals surface area contributed by atoms with E-state index in [0.717, 1.165) is 42.3 Å². The second-order valence-electron chi connectivity index (χ2n) is 9.61. The molecule has 11 heteroatoms. The molecule has 1 heterocycles. The molecule has 2 aliphatic rings. The molecule has 1 aromatic carbocycles. The van der Waals surface area contributed by atoms with Gasteiger partial charge in [0.15, 0.2) is 0 Å². The normalized spacial score (nSPS) is 19.4. The van der Waals surface area contributed by atoms with Crippen molar-refractivity contribution in [3.05, 3.63) is 28.3 Å². The van der Waals surface area contributed by atoms with E-state index in [1.54, 1.807) is 7.11 Å². The zero-order valence-corrected chi connectivity index (χ0v) is 21.5. The predicted molar refractivity (Wildman–Crippen MR) is 128 cm³/mol. The first-order valence-corrected chi connectivity index (χ1v) is 12.8. The number of alkyl halides is 3. The summed E-state index contributed by atoms with van der Waals surface area (Å²) < 4.78 is 53.5. The molecule has 1 saturated carbocycles. The summed E-state index contributed by atoms with van der Waals surface area (Å²) in [5, 5.41) is 11.4. The second kappa shape index (κ2) is 12.2. The van der Waals surface area contributed by atoms with Crippen molar-refractivity contribution < 1.29 is 32.4 Å². The lowest BCUT2D eigenvalue weighted by Gasteiger charge is -2.35. The minimum Gasteiger partial charge on any atom is -0.598 e. The Kier molecular flexibility index (Phi) is 10.4. The summed E-state index contributed by atoms with van der Waals surface area (Å²) >= 11 is 5.54. The van der Waals surface area contributed by atoms with Gasteiger partial charge in [-0.05, 0) is 89.1 Å². The molecule has 1 saturated heterocycles. The zero-order chi connectivity index (χ0) is 25.7. The number of halogens is 4. The van der Waals surface area contributed by atoms with Crippen molar-refractivity contribution in [2.45, 2.75) is 75.8 Å². The van der Waals surface area contributed by atoms with E-state index in [0.29, 0.717) is 11.8 Å². The van der Waals surface area contributed by atoms with E-state index in [9.17, 15) is 17.7 Å². The molecule has 0 spiro atoms. The van der Waals surface area contributed by atoms with Gasteiger partial charge in [-0.1, -0.05) is 18.0 Å². The lowest BCUT2D eigenvalue weighted by molar-refractivity contribution is -0.192. The molecule has 1 aliphatic carbocycles. The summed E-state index contributed by atoms with van der Waals surface area (Å²) in [7, 11) is 1.72. The van der Waals surface area contributed by atoms with Gasteiger partial charge in [0.1, 0.15) is 10.5 Å². The van der Waals surface area contributed by atoms with Crippen LogP contribution in [0.25, 0.3) is 0 Å². The van der Waals surface area contributed by atoms with Gasteiger partial charge in [0.2, 0.25) is 0 Å². The third-order valence-corrected chi connectivity index (χ3v) is 8.02. The highest BCUT2D eigenvalue weighted by molar-refractivity contribution is 7.90. The first kappa shape index (κ1) is 29.0. The van der Waals surface area contributed by atoms with E-state index in [2.05, 4.69) is 22.2 Å². The monoisotopic (exact) mass is 526 g/mol. The summed E-state index contributed by atoms with van der Waals surface area (Å²) in [6.45, 7) is 7.97. The van der Waals surface area contributed by atoms with Crippen LogP contribution in [0.3, 0.4) is 0 Å². The van der Waals surface area contributed by atoms with E-state index in [1.165, 1.54) is 24.8 Å². The van der Waals surface area contributed by atoms with Gasteiger partial charge in [-0.2, -0.15) is 13.2 Å². The molecule has 0 bridgehead atoms. The highest BCUT2D eigenvalue weighted by atomic mass is 35.5. The molecule has 6 nitrogen and oxygen atoms in total. The van der Waals surface area contributed by atoms with Crippen molar-refractivity contribution in [2.75, 3.05) is 20.2 Å². The fraction of sp³-hybridized carbons (Fsp3) is 0.696. The number of piperidine rings is 1. The molecule has 0 radical (unpaired) electrons. The fourth-order valence-corrected chi connectivity index (χ4v) is 5.15. The van der Waals surface area contributed by atoms with E-state index >= 15 is 0 Å². The Balaban J connectivity index is 0.000000509. The number of nitrogens with one attached hydrogen (secondary N) is 2. The largest absolute Gasteiger partial charge is 0.598 e. The minimum atomic E-state index is -5.08. The molecule has 1 aromatic rings. The van der Waals surface area contributed by atoms with Gasteiger partial charge < -0.3 is 19.7 Å². The molecule has 2 fully saturated rings. The lowest BCUT2D eigenvalue weighted by Crippen LogP contribution is -2.45. The van der Waals surface area contributed by atoms with Crippen LogP contribution in [0.2, 0.25) is 5.02 Å². The molecule has 2 atom stereocenters. The van der Waals surface area contributed by atoms with Gasteiger partial charge in [0.05, 0.1) is 13.2 Å². The maximum Gasteiger partial charge on any atom is 0.490 e. The number of carbonyl (C=O) groups is 1. The van der Waals surface area contributed by atoms with Crippen LogP contribution in [0.4, 0.5) is 13.2 Å². The molecule has 2 unspecified atom stereocenters. The van der Waals surface area contributed by atoms with Gasteiger partial charge in [-0.3, -0.25) is 0 Å². The predicted octanol–water partition coefficient (Wildman–Crippen LogP) is 5.34. The van der Waals surface area contributed by atoms with Gasteiger partial charge in [0.25, 0.3) is 0 Å². The van der Waals surface area contributed by atoms with Crippen LogP contribution in [-0.4, -0.2) is 46.8 Å². The number of hydrogen-bond acceptors (Lipinski definition) is 5. The first-order chi connectivity index (χ1) is 15.8. The van der Waals surface area contributed by atoms with Crippen LogP contribution < -0.4 is 14.8 Å². The summed E-state index contributed by atoms with van der Waals surface area (Å²) in [4.78, 5) is 8.90. The standard InChI is InChI=1S/C21H33ClN2O2S.C2HF3O2/c1-21(2,3)27(25)24-20(15-8-10-23-11-9-15)17-12-18(22)16(13-19(17)26-4)14-6-5-7-14;3-2(4,5)1(6)7/h12-15,20,23-24H,5-11H2,1-4H3;(H,6,7). The number of aliphatic carboxylic acids is 1. The Hall–Kier alpha value is -1.20. The van der Waals surface area contributed by atoms with Crippen molar-refractivity contribution in [1.82, 2.24) is 10.0 Å². The number of benzene rings is 1. The van der Waals surface area contributed by atoms with Crippen molar-refractivity contribution in [3.63, 3.8) is 0 Å². The average Bonchev–Trinajstić information content (AvgIpc) is 2.71. The van der Waals surface area contributed by atoms with Gasteiger partial charge in [-0.15, -0.1) is 4.72 Å². The minimum absolute atomic E-state index is 0.0324. The van der Waals surface area contributed by atoms with Crippen LogP contribution in [0, 0.1) is 5.92 Å². The number of methoxy groups -OCH3 is 1. The number of ether oxygens (including phenoxy) is 1. The number of carboxylic acid groups (broad SMARTS) is 1. The summed E-state index contributed by atoms with van der Waals surface area (Å²) in [5.74, 6) is -0.942. The molecular formula is C23H34ClF3N2O4S. The summed E-state index contributed by atoms with van der Waals surface area (Å²) in [5.41, 5.74) is 2.24. The lowest BCUT2D eigenvalue weighted by atomic mass is 9.78. The van der Waals surface area contributed by atoms with Crippen molar-refractivity contribution in [2.24, 2.45) is 5.92 Å². The van der Waals surface area contributed by atoms with Crippen LogP contribution in [0.1, 0.15) is 76.0 Å². The van der Waals surface area contributed by atoms with E-state index < -0.39 is 23.5 Å². The molecule has 3 N–H and O–H groups in total. The van der Waals surface area contributed by atoms with Gasteiger partial charge >= 0.3 is 12.1 Å². The van der Waals surface area contributed by atoms with Gasteiger partial charge in [0, 0.05) is 21.9 Å². The van der Waals surface area contributed by atoms with Crippen molar-refractivity contribution in [3.8, 4) is 5.75 Å². The average molecular weight is 527 g/mol. The molecule has 34 heavy (non-hydrogen) atoms. The second-order valence-corrected chi connectivity index (χ2v) is 12.0. The topological polar surface area (TPSA) is 93.6 Å². The Labute approximate surface area is 207 Å². The van der Waals surface area contributed by atoms with Crippen LogP contribution in [0.15, 0.2) is 12.1 Å². The molecular weight excluding hydrogens is 493 g/mol. The van der Waals surface area contributed by atoms with Crippen LogP contribution in [0.5, 0.6) is 5.75 Å². The third-order valence-electron chi connectivity index (χ3n) is 6.12. The van der Waals surface area contributed by atoms with E-state index in [-0.39, 0.29) is 10.8 Å². The molecule has 0 amide bonds. The fourth-order valence-electron chi connectivity index (χ4n) is 3.92. The molecule has 194 valence electrons. The maximum atomic E-state index is 12.9. The summed E-state index contributed by atoms with van der Waals surface area (Å²) in [6, 6.07) is 4.15. The number of hydrogen-bond donors (Lipinski definition) is 3. The summed E-state index contributed by atoms with van der Waals surface area (Å²) in [6.07, 6.45) is 0.682. The highest BCUT2D eigenvalue weighted by Crippen LogP contribution is 2.45. The maximum absolute atomic E-state index is 12.9. The van der Waals surface area contributed by atoms with Crippen LogP contribution >= 0.6 is 11.6 Å². The Morgan fingerprint density at radius 3 is 2.21 bits per heavy atom. The van der Waals surface area contributed by atoms with E-state index in [4.69, 9.17) is 26.2 Å². The van der Waals surface area contributed by atoms with Crippen molar-refractivity contribution >= 4 is 28.9 Å². The SMILES string of the molecule is COc1cc(C2CCC2)c(Cl)cc1C(N[S+]([O-])C(C)(C)C)C1CCNCC1.O=C(O)C(F)(F)F. The molecule has 3 rings (SSSR count). The Bertz CT molecular complexity index is 826. The number of carboxylic acids is 1. The Morgan fingerprint density at radius 1 is 1.24 bits per heavy atom. The Morgan fingerprint density at radius 2 is 1.79 bits per heavy atom. The molecule has 0 aromatic heterocycles. The van der Waals surface area contributed by atoms with E-state index in [1.807, 2.05) is 20.8 Å². The molecule has 1 aliphatic heterocycles. The highest BCUT2D eigenvalue weighted by Gasteiger charge is 2.38. The van der Waals surface area contributed by atoms with Gasteiger partial charge in [-0.25, -0.2) is 4.79 Å². The van der Waals surface area contributed by atoms with Crippen LogP contribution in [-0.2, 0) is 16.2 Å². The first-order valence-electron chi connectivity index (χ1n) is 11.3. The third kappa shape index (κ3) is 7.91. The quantitative estimate of drug-likeness (QED) is 0.433.